The van der Waals surface area contributed by atoms with Gasteiger partial charge in [-0.2, -0.15) is 0 Å². The second-order valence-electron chi connectivity index (χ2n) is 6.46. The molecule has 1 atom stereocenters. The van der Waals surface area contributed by atoms with E-state index in [1.165, 1.54) is 5.01 Å². The normalized spacial score (nSPS) is 21.0. The summed E-state index contributed by atoms with van der Waals surface area (Å²) < 4.78 is 0. The fraction of sp³-hybridized carbons (Fsp3) is 0.368. The Bertz CT molecular complexity index is 809. The van der Waals surface area contributed by atoms with Crippen LogP contribution in [0, 0.1) is 0 Å². The average molecular weight is 355 g/mol. The lowest BCUT2D eigenvalue weighted by atomic mass is 9.99. The number of ketones is 1. The number of nitrogens with one attached hydrogen (secondary N) is 2. The first-order valence-corrected chi connectivity index (χ1v) is 9.50. The van der Waals surface area contributed by atoms with Gasteiger partial charge in [0.15, 0.2) is 5.78 Å². The maximum Gasteiger partial charge on any atom is 0.160 e. The van der Waals surface area contributed by atoms with E-state index in [-0.39, 0.29) is 11.9 Å². The summed E-state index contributed by atoms with van der Waals surface area (Å²) in [7, 11) is 0. The topological polar surface area (TPSA) is 63.2 Å². The van der Waals surface area contributed by atoms with Crippen molar-refractivity contribution in [3.8, 4) is 0 Å². The molecule has 2 N–H and O–H groups in total. The standard InChI is InChI=1S/C19H21N3O2S/c1-12(23)14-4-2-3-5-15(14)18-10-16(22-24-18)17-11-25-19(21-17)13-6-8-20-9-7-13/h2-5,10-11,13,18,20,22H,6-9H2,1H3. The Hall–Kier alpha value is -2.02. The monoisotopic (exact) mass is 355 g/mol. The van der Waals surface area contributed by atoms with Crippen LogP contribution in [-0.2, 0) is 4.84 Å². The molecule has 0 radical (unpaired) electrons. The smallest absolute Gasteiger partial charge is 0.160 e. The van der Waals surface area contributed by atoms with Crippen molar-refractivity contribution in [2.45, 2.75) is 31.8 Å². The number of Topliss-reactive ketones (excluding diaryl/α,β-unsaturated/α-hetero) is 1. The molecule has 0 saturated carbocycles. The van der Waals surface area contributed by atoms with Gasteiger partial charge < -0.3 is 5.32 Å². The minimum absolute atomic E-state index is 0.0444. The molecule has 1 aromatic heterocycles. The van der Waals surface area contributed by atoms with Gasteiger partial charge in [0.2, 0.25) is 0 Å². The molecule has 2 aliphatic rings. The summed E-state index contributed by atoms with van der Waals surface area (Å²) in [6.07, 6.45) is 4.01. The van der Waals surface area contributed by atoms with Crippen LogP contribution >= 0.6 is 11.3 Å². The highest BCUT2D eigenvalue weighted by Crippen LogP contribution is 2.33. The Kier molecular flexibility index (Phi) is 4.65. The molecule has 0 amide bonds. The van der Waals surface area contributed by atoms with Gasteiger partial charge in [0.1, 0.15) is 6.10 Å². The van der Waals surface area contributed by atoms with Crippen molar-refractivity contribution in [1.29, 1.82) is 0 Å². The third kappa shape index (κ3) is 3.38. The van der Waals surface area contributed by atoms with E-state index in [0.29, 0.717) is 11.5 Å². The lowest BCUT2D eigenvalue weighted by Gasteiger charge is -2.20. The van der Waals surface area contributed by atoms with E-state index < -0.39 is 0 Å². The number of hydrogen-bond donors (Lipinski definition) is 2. The molecule has 130 valence electrons. The molecule has 2 aliphatic heterocycles. The zero-order chi connectivity index (χ0) is 17.2. The summed E-state index contributed by atoms with van der Waals surface area (Å²) in [5.41, 5.74) is 6.35. The number of nitrogens with zero attached hydrogens (tertiary/aromatic N) is 1. The van der Waals surface area contributed by atoms with Crippen LogP contribution in [0.15, 0.2) is 35.7 Å². The summed E-state index contributed by atoms with van der Waals surface area (Å²) in [6, 6.07) is 7.57. The number of benzene rings is 1. The van der Waals surface area contributed by atoms with E-state index in [1.807, 2.05) is 30.3 Å². The first kappa shape index (κ1) is 16.4. The van der Waals surface area contributed by atoms with Crippen molar-refractivity contribution in [3.05, 3.63) is 57.6 Å². The van der Waals surface area contributed by atoms with Crippen LogP contribution in [0.25, 0.3) is 5.70 Å². The van der Waals surface area contributed by atoms with E-state index in [2.05, 4.69) is 16.2 Å². The molecule has 1 fully saturated rings. The number of aromatic nitrogens is 1. The van der Waals surface area contributed by atoms with Gasteiger partial charge in [0.25, 0.3) is 0 Å². The second-order valence-corrected chi connectivity index (χ2v) is 7.35. The minimum Gasteiger partial charge on any atom is -0.317 e. The number of carbonyl (C=O) groups is 1. The van der Waals surface area contributed by atoms with Crippen LogP contribution in [0.4, 0.5) is 0 Å². The minimum atomic E-state index is -0.279. The highest BCUT2D eigenvalue weighted by Gasteiger charge is 2.25. The molecular formula is C19H21N3O2S. The number of piperidine rings is 1. The fourth-order valence-corrected chi connectivity index (χ4v) is 4.36. The quantitative estimate of drug-likeness (QED) is 0.823. The molecular weight excluding hydrogens is 334 g/mol. The van der Waals surface area contributed by atoms with E-state index in [0.717, 1.165) is 42.9 Å². The Morgan fingerprint density at radius 1 is 1.28 bits per heavy atom. The van der Waals surface area contributed by atoms with Crippen LogP contribution < -0.4 is 10.8 Å². The number of carbonyl (C=O) groups excluding carboxylic acids is 1. The Labute approximate surface area is 151 Å². The Morgan fingerprint density at radius 2 is 2.08 bits per heavy atom. The molecule has 4 rings (SSSR count). The zero-order valence-corrected chi connectivity index (χ0v) is 14.9. The van der Waals surface area contributed by atoms with Crippen LogP contribution in [0.3, 0.4) is 0 Å². The molecule has 0 spiro atoms. The lowest BCUT2D eigenvalue weighted by Crippen LogP contribution is -2.26. The number of hydrogen-bond acceptors (Lipinski definition) is 6. The maximum atomic E-state index is 11.8. The van der Waals surface area contributed by atoms with Crippen molar-refractivity contribution in [2.24, 2.45) is 0 Å². The van der Waals surface area contributed by atoms with Crippen LogP contribution in [0.2, 0.25) is 0 Å². The van der Waals surface area contributed by atoms with Crippen molar-refractivity contribution in [3.63, 3.8) is 0 Å². The van der Waals surface area contributed by atoms with Crippen LogP contribution in [0.5, 0.6) is 0 Å². The van der Waals surface area contributed by atoms with Gasteiger partial charge in [-0.3, -0.25) is 15.1 Å². The summed E-state index contributed by atoms with van der Waals surface area (Å²) in [5, 5.41) is 6.67. The Morgan fingerprint density at radius 3 is 2.88 bits per heavy atom. The van der Waals surface area contributed by atoms with Crippen LogP contribution in [-0.4, -0.2) is 23.9 Å². The average Bonchev–Trinajstić information content (AvgIpc) is 3.32. The lowest BCUT2D eigenvalue weighted by molar-refractivity contribution is 0.0503. The van der Waals surface area contributed by atoms with Crippen LogP contribution in [0.1, 0.15) is 58.4 Å². The molecule has 1 unspecified atom stereocenters. The summed E-state index contributed by atoms with van der Waals surface area (Å²) >= 11 is 1.72. The highest BCUT2D eigenvalue weighted by molar-refractivity contribution is 7.09. The molecule has 5 nitrogen and oxygen atoms in total. The molecule has 3 heterocycles. The van der Waals surface area contributed by atoms with E-state index >= 15 is 0 Å². The SMILES string of the molecule is CC(=O)c1ccccc1C1C=C(c2csc(C3CCNCC3)n2)NO1. The number of thiazole rings is 1. The number of rotatable bonds is 4. The highest BCUT2D eigenvalue weighted by atomic mass is 32.1. The molecule has 1 aromatic carbocycles. The van der Waals surface area contributed by atoms with Gasteiger partial charge in [-0.25, -0.2) is 4.98 Å². The van der Waals surface area contributed by atoms with Crippen molar-refractivity contribution < 1.29 is 9.63 Å². The van der Waals surface area contributed by atoms with Crippen molar-refractivity contribution in [2.75, 3.05) is 13.1 Å². The largest absolute Gasteiger partial charge is 0.317 e. The molecule has 2 aromatic rings. The molecule has 25 heavy (non-hydrogen) atoms. The summed E-state index contributed by atoms with van der Waals surface area (Å²) in [4.78, 5) is 22.4. The third-order valence-corrected chi connectivity index (χ3v) is 5.75. The predicted molar refractivity (Wildman–Crippen MR) is 98.3 cm³/mol. The fourth-order valence-electron chi connectivity index (χ4n) is 3.37. The summed E-state index contributed by atoms with van der Waals surface area (Å²) in [5.74, 6) is 0.597. The zero-order valence-electron chi connectivity index (χ0n) is 14.1. The first-order valence-electron chi connectivity index (χ1n) is 8.62. The maximum absolute atomic E-state index is 11.8. The molecule has 0 bridgehead atoms. The predicted octanol–water partition coefficient (Wildman–Crippen LogP) is 3.43. The van der Waals surface area contributed by atoms with Gasteiger partial charge in [-0.05, 0) is 44.5 Å². The first-order chi connectivity index (χ1) is 12.2. The van der Waals surface area contributed by atoms with E-state index in [1.54, 1.807) is 18.3 Å². The van der Waals surface area contributed by atoms with Gasteiger partial charge in [-0.1, -0.05) is 24.3 Å². The van der Waals surface area contributed by atoms with Gasteiger partial charge in [0, 0.05) is 16.9 Å². The molecule has 6 heteroatoms. The van der Waals surface area contributed by atoms with Gasteiger partial charge in [-0.15, -0.1) is 11.3 Å². The second kappa shape index (κ2) is 7.07. The third-order valence-electron chi connectivity index (χ3n) is 4.75. The summed E-state index contributed by atoms with van der Waals surface area (Å²) in [6.45, 7) is 3.71. The van der Waals surface area contributed by atoms with E-state index in [9.17, 15) is 4.79 Å². The van der Waals surface area contributed by atoms with Gasteiger partial charge >= 0.3 is 0 Å². The Balaban J connectivity index is 1.56. The van der Waals surface area contributed by atoms with Gasteiger partial charge in [0.05, 0.1) is 16.4 Å². The van der Waals surface area contributed by atoms with Crippen molar-refractivity contribution >= 4 is 22.8 Å². The molecule has 1 saturated heterocycles. The van der Waals surface area contributed by atoms with E-state index in [4.69, 9.17) is 9.82 Å². The number of hydroxylamine groups is 1. The molecule has 0 aliphatic carbocycles. The van der Waals surface area contributed by atoms with Crippen molar-refractivity contribution in [1.82, 2.24) is 15.8 Å².